The summed E-state index contributed by atoms with van der Waals surface area (Å²) in [5, 5.41) is 16.2. The molecule has 1 saturated carbocycles. The molecule has 11 nitrogen and oxygen atoms in total. The van der Waals surface area contributed by atoms with Crippen LogP contribution in [0.5, 0.6) is 0 Å². The third-order valence-corrected chi connectivity index (χ3v) is 10.5. The van der Waals surface area contributed by atoms with Crippen molar-refractivity contribution >= 4 is 40.7 Å². The average Bonchev–Trinajstić information content (AvgIpc) is 3.75. The van der Waals surface area contributed by atoms with Crippen molar-refractivity contribution in [2.75, 3.05) is 22.9 Å². The lowest BCUT2D eigenvalue weighted by Gasteiger charge is -2.48. The number of amides is 4. The fraction of sp³-hybridized carbons (Fsp3) is 0.316. The zero-order chi connectivity index (χ0) is 34.2. The molecule has 3 fully saturated rings. The molecule has 1 aliphatic carbocycles. The van der Waals surface area contributed by atoms with Crippen molar-refractivity contribution in [1.29, 1.82) is 5.26 Å². The maximum Gasteiger partial charge on any atom is 0.262 e. The van der Waals surface area contributed by atoms with Crippen LogP contribution in [0.2, 0.25) is 0 Å². The first-order chi connectivity index (χ1) is 23.6. The largest absolute Gasteiger partial charge is 0.367 e. The molecule has 0 radical (unpaired) electrons. The Bertz CT molecular complexity index is 2100. The zero-order valence-electron chi connectivity index (χ0n) is 27.4. The van der Waals surface area contributed by atoms with E-state index < -0.39 is 29.7 Å². The van der Waals surface area contributed by atoms with Crippen LogP contribution in [-0.2, 0) is 15.0 Å². The summed E-state index contributed by atoms with van der Waals surface area (Å²) in [6, 6.07) is 21.5. The lowest BCUT2D eigenvalue weighted by molar-refractivity contribution is -0.136. The Morgan fingerprint density at radius 3 is 2.33 bits per heavy atom. The van der Waals surface area contributed by atoms with Crippen LogP contribution < -0.4 is 15.1 Å². The van der Waals surface area contributed by atoms with E-state index in [1.807, 2.05) is 19.9 Å². The predicted molar refractivity (Wildman–Crippen MR) is 180 cm³/mol. The standard InChI is InChI=1S/C38H34N6O5/c1-21-4-5-24(34-22(2)41-49-23(34)3)16-32(21)43(26-8-6-25(7-9-26)38(20-39)14-15-38)28-18-42(19-28)27-10-11-29-30(17-27)37(48)44(36(29)47)31-12-13-33(45)40-35(31)46/h4-11,16-17,28,31H,12-15,18-19H2,1-3H3,(H,40,45,46). The molecule has 1 unspecified atom stereocenters. The average molecular weight is 655 g/mol. The first kappa shape index (κ1) is 30.6. The van der Waals surface area contributed by atoms with Crippen LogP contribution in [0.4, 0.5) is 17.1 Å². The molecule has 4 aromatic rings. The van der Waals surface area contributed by atoms with Gasteiger partial charge in [0.25, 0.3) is 11.8 Å². The van der Waals surface area contributed by atoms with Gasteiger partial charge >= 0.3 is 0 Å². The van der Waals surface area contributed by atoms with E-state index in [1.54, 1.807) is 12.1 Å². The number of anilines is 3. The molecule has 0 bridgehead atoms. The maximum absolute atomic E-state index is 13.5. The molecular formula is C38H34N6O5. The minimum atomic E-state index is -1.01. The predicted octanol–water partition coefficient (Wildman–Crippen LogP) is 5.25. The number of carbonyl (C=O) groups excluding carboxylic acids is 4. The fourth-order valence-electron chi connectivity index (χ4n) is 7.48. The monoisotopic (exact) mass is 654 g/mol. The van der Waals surface area contributed by atoms with Gasteiger partial charge in [0, 0.05) is 42.1 Å². The highest BCUT2D eigenvalue weighted by Crippen LogP contribution is 2.48. The van der Waals surface area contributed by atoms with Gasteiger partial charge in [-0.15, -0.1) is 0 Å². The van der Waals surface area contributed by atoms with Crippen LogP contribution in [0.25, 0.3) is 11.1 Å². The van der Waals surface area contributed by atoms with Crippen molar-refractivity contribution in [3.63, 3.8) is 0 Å². The van der Waals surface area contributed by atoms with Gasteiger partial charge in [0.1, 0.15) is 11.8 Å². The van der Waals surface area contributed by atoms with Gasteiger partial charge in [-0.1, -0.05) is 29.4 Å². The Kier molecular flexibility index (Phi) is 6.96. The summed E-state index contributed by atoms with van der Waals surface area (Å²) in [5.74, 6) is -1.32. The van der Waals surface area contributed by atoms with E-state index in [2.05, 4.69) is 75.7 Å². The highest BCUT2D eigenvalue weighted by Gasteiger charge is 2.46. The third-order valence-electron chi connectivity index (χ3n) is 10.5. The molecule has 1 N–H and O–H groups in total. The molecule has 0 spiro atoms. The van der Waals surface area contributed by atoms with Crippen molar-refractivity contribution in [2.45, 2.75) is 64.0 Å². The van der Waals surface area contributed by atoms with Gasteiger partial charge in [0.2, 0.25) is 11.8 Å². The summed E-state index contributed by atoms with van der Waals surface area (Å²) in [4.78, 5) is 56.4. The summed E-state index contributed by atoms with van der Waals surface area (Å²) in [7, 11) is 0. The van der Waals surface area contributed by atoms with E-state index in [-0.39, 0.29) is 35.4 Å². The highest BCUT2D eigenvalue weighted by molar-refractivity contribution is 6.23. The molecule has 4 aliphatic rings. The number of imide groups is 2. The molecule has 2 saturated heterocycles. The molecule has 3 aromatic carbocycles. The number of piperidine rings is 1. The van der Waals surface area contributed by atoms with E-state index in [0.29, 0.717) is 13.1 Å². The second kappa shape index (κ2) is 11.2. The van der Waals surface area contributed by atoms with Gasteiger partial charge in [-0.2, -0.15) is 5.26 Å². The Labute approximate surface area is 283 Å². The number of benzene rings is 3. The van der Waals surface area contributed by atoms with Gasteiger partial charge in [0.15, 0.2) is 0 Å². The quantitative estimate of drug-likeness (QED) is 0.265. The number of nitrogens with one attached hydrogen (secondary N) is 1. The van der Waals surface area contributed by atoms with Crippen molar-refractivity contribution in [1.82, 2.24) is 15.4 Å². The van der Waals surface area contributed by atoms with Gasteiger partial charge in [-0.3, -0.25) is 29.4 Å². The first-order valence-corrected chi connectivity index (χ1v) is 16.5. The SMILES string of the molecule is Cc1ccc(-c2c(C)noc2C)cc1N(c1ccc(C2(C#N)CC2)cc1)C1CN(c2ccc3c(c2)C(=O)N(C2CCC(=O)NC2=O)C3=O)C1. The van der Waals surface area contributed by atoms with Crippen molar-refractivity contribution in [3.05, 3.63) is 94.4 Å². The van der Waals surface area contributed by atoms with Crippen LogP contribution in [0, 0.1) is 32.1 Å². The van der Waals surface area contributed by atoms with E-state index in [0.717, 1.165) is 68.5 Å². The second-order valence-electron chi connectivity index (χ2n) is 13.5. The van der Waals surface area contributed by atoms with Crippen molar-refractivity contribution < 1.29 is 23.7 Å². The first-order valence-electron chi connectivity index (χ1n) is 16.5. The van der Waals surface area contributed by atoms with Crippen LogP contribution in [0.1, 0.15) is 69.0 Å². The summed E-state index contributed by atoms with van der Waals surface area (Å²) in [6.07, 6.45) is 1.94. The number of aryl methyl sites for hydroxylation is 3. The molecular weight excluding hydrogens is 620 g/mol. The lowest BCUT2D eigenvalue weighted by Crippen LogP contribution is -2.58. The Hall–Kier alpha value is -5.76. The second-order valence-corrected chi connectivity index (χ2v) is 13.5. The topological polar surface area (TPSA) is 140 Å². The van der Waals surface area contributed by atoms with Crippen LogP contribution in [0.15, 0.2) is 65.2 Å². The number of nitrogens with zero attached hydrogens (tertiary/aromatic N) is 5. The van der Waals surface area contributed by atoms with Crippen LogP contribution in [0.3, 0.4) is 0 Å². The van der Waals surface area contributed by atoms with E-state index in [1.165, 1.54) is 0 Å². The number of hydrogen-bond acceptors (Lipinski definition) is 9. The van der Waals surface area contributed by atoms with Crippen molar-refractivity contribution in [2.24, 2.45) is 0 Å². The molecule has 11 heteroatoms. The minimum absolute atomic E-state index is 0.0703. The number of hydrogen-bond donors (Lipinski definition) is 1. The smallest absolute Gasteiger partial charge is 0.262 e. The number of carbonyl (C=O) groups is 4. The maximum atomic E-state index is 13.5. The summed E-state index contributed by atoms with van der Waals surface area (Å²) < 4.78 is 5.49. The Balaban J connectivity index is 1.09. The lowest BCUT2D eigenvalue weighted by atomic mass is 9.95. The molecule has 8 rings (SSSR count). The molecule has 246 valence electrons. The van der Waals surface area contributed by atoms with Gasteiger partial charge in [-0.05, 0) is 93.1 Å². The van der Waals surface area contributed by atoms with E-state index in [9.17, 15) is 24.4 Å². The summed E-state index contributed by atoms with van der Waals surface area (Å²) >= 11 is 0. The van der Waals surface area contributed by atoms with Crippen LogP contribution in [-0.4, -0.2) is 58.9 Å². The molecule has 4 heterocycles. The fourth-order valence-corrected chi connectivity index (χ4v) is 7.48. The normalized spacial score (nSPS) is 19.8. The van der Waals surface area contributed by atoms with Crippen LogP contribution >= 0.6 is 0 Å². The summed E-state index contributed by atoms with van der Waals surface area (Å²) in [6.45, 7) is 7.24. The molecule has 49 heavy (non-hydrogen) atoms. The van der Waals surface area contributed by atoms with Gasteiger partial charge in [0.05, 0.1) is 34.3 Å². The Morgan fingerprint density at radius 2 is 1.67 bits per heavy atom. The van der Waals surface area contributed by atoms with Crippen molar-refractivity contribution in [3.8, 4) is 17.2 Å². The molecule has 4 amide bonds. The number of fused-ring (bicyclic) bond motifs is 1. The molecule has 1 aromatic heterocycles. The number of nitriles is 1. The van der Waals surface area contributed by atoms with E-state index in [4.69, 9.17) is 4.52 Å². The Morgan fingerprint density at radius 1 is 0.939 bits per heavy atom. The number of aromatic nitrogens is 1. The third kappa shape index (κ3) is 4.89. The zero-order valence-corrected chi connectivity index (χ0v) is 27.4. The highest BCUT2D eigenvalue weighted by atomic mass is 16.5. The van der Waals surface area contributed by atoms with E-state index >= 15 is 0 Å². The summed E-state index contributed by atoms with van der Waals surface area (Å²) in [5.41, 5.74) is 7.96. The number of rotatable bonds is 7. The van der Waals surface area contributed by atoms with Gasteiger partial charge < -0.3 is 14.3 Å². The molecule has 3 aliphatic heterocycles. The molecule has 1 atom stereocenters. The minimum Gasteiger partial charge on any atom is -0.367 e. The van der Waals surface area contributed by atoms with Gasteiger partial charge in [-0.25, -0.2) is 0 Å².